The SMILES string of the molecule is O=C(O)CCCC(O)COc1ccc(F)cc1. The van der Waals surface area contributed by atoms with Crippen LogP contribution in [0.4, 0.5) is 4.39 Å². The molecule has 0 heterocycles. The summed E-state index contributed by atoms with van der Waals surface area (Å²) < 4.78 is 17.8. The summed E-state index contributed by atoms with van der Waals surface area (Å²) in [5.74, 6) is -0.750. The second-order valence-corrected chi connectivity index (χ2v) is 3.70. The first-order valence-corrected chi connectivity index (χ1v) is 5.36. The van der Waals surface area contributed by atoms with Crippen molar-refractivity contribution in [2.45, 2.75) is 25.4 Å². The Bertz CT molecular complexity index is 350. The number of carboxylic acid groups (broad SMARTS) is 1. The van der Waals surface area contributed by atoms with E-state index in [0.717, 1.165) is 0 Å². The third-order valence-electron chi connectivity index (χ3n) is 2.18. The second kappa shape index (κ2) is 6.85. The van der Waals surface area contributed by atoms with Gasteiger partial charge >= 0.3 is 5.97 Å². The molecule has 0 aliphatic heterocycles. The molecule has 0 spiro atoms. The van der Waals surface area contributed by atoms with E-state index in [-0.39, 0.29) is 18.8 Å². The number of aliphatic hydroxyl groups is 1. The van der Waals surface area contributed by atoms with Gasteiger partial charge in [0, 0.05) is 6.42 Å². The molecule has 1 aromatic rings. The van der Waals surface area contributed by atoms with Crippen molar-refractivity contribution in [1.82, 2.24) is 0 Å². The Labute approximate surface area is 98.7 Å². The van der Waals surface area contributed by atoms with Crippen molar-refractivity contribution in [2.75, 3.05) is 6.61 Å². The maximum absolute atomic E-state index is 12.6. The number of aliphatic hydroxyl groups excluding tert-OH is 1. The molecular formula is C12H15FO4. The van der Waals surface area contributed by atoms with Gasteiger partial charge in [-0.3, -0.25) is 4.79 Å². The number of carbonyl (C=O) groups is 1. The summed E-state index contributed by atoms with van der Waals surface area (Å²) in [6.45, 7) is 0.0747. The van der Waals surface area contributed by atoms with Crippen LogP contribution in [0.5, 0.6) is 5.75 Å². The third-order valence-corrected chi connectivity index (χ3v) is 2.18. The summed E-state index contributed by atoms with van der Waals surface area (Å²) in [5, 5.41) is 17.9. The molecule has 0 aliphatic carbocycles. The number of hydrogen-bond acceptors (Lipinski definition) is 3. The summed E-state index contributed by atoms with van der Waals surface area (Å²) >= 11 is 0. The molecule has 0 fully saturated rings. The number of rotatable bonds is 7. The fourth-order valence-corrected chi connectivity index (χ4v) is 1.30. The maximum Gasteiger partial charge on any atom is 0.303 e. The first-order valence-electron chi connectivity index (χ1n) is 5.36. The van der Waals surface area contributed by atoms with E-state index in [1.54, 1.807) is 0 Å². The second-order valence-electron chi connectivity index (χ2n) is 3.70. The average Bonchev–Trinajstić information content (AvgIpc) is 2.28. The van der Waals surface area contributed by atoms with Crippen LogP contribution < -0.4 is 4.74 Å². The van der Waals surface area contributed by atoms with Crippen LogP contribution in [0.15, 0.2) is 24.3 Å². The molecule has 94 valence electrons. The quantitative estimate of drug-likeness (QED) is 0.765. The predicted molar refractivity (Wildman–Crippen MR) is 59.4 cm³/mol. The first kappa shape index (κ1) is 13.4. The lowest BCUT2D eigenvalue weighted by Gasteiger charge is -2.11. The first-order chi connectivity index (χ1) is 8.08. The highest BCUT2D eigenvalue weighted by Gasteiger charge is 2.06. The van der Waals surface area contributed by atoms with Crippen LogP contribution >= 0.6 is 0 Å². The number of hydrogen-bond donors (Lipinski definition) is 2. The zero-order valence-electron chi connectivity index (χ0n) is 9.30. The number of aliphatic carboxylic acids is 1. The predicted octanol–water partition coefficient (Wildman–Crippen LogP) is 1.82. The summed E-state index contributed by atoms with van der Waals surface area (Å²) in [5.41, 5.74) is 0. The number of benzene rings is 1. The Kier molecular flexibility index (Phi) is 5.42. The van der Waals surface area contributed by atoms with Gasteiger partial charge in [0.25, 0.3) is 0 Å². The van der Waals surface area contributed by atoms with Gasteiger partial charge in [-0.25, -0.2) is 4.39 Å². The Morgan fingerprint density at radius 1 is 1.35 bits per heavy atom. The summed E-state index contributed by atoms with van der Waals surface area (Å²) in [7, 11) is 0. The molecule has 2 N–H and O–H groups in total. The van der Waals surface area contributed by atoms with E-state index < -0.39 is 12.1 Å². The van der Waals surface area contributed by atoms with E-state index in [1.165, 1.54) is 24.3 Å². The standard InChI is InChI=1S/C12H15FO4/c13-9-4-6-11(7-5-9)17-8-10(14)2-1-3-12(15)16/h4-7,10,14H,1-3,8H2,(H,15,16). The zero-order valence-corrected chi connectivity index (χ0v) is 9.30. The van der Waals surface area contributed by atoms with E-state index in [2.05, 4.69) is 0 Å². The van der Waals surface area contributed by atoms with Gasteiger partial charge in [-0.05, 0) is 37.1 Å². The fourth-order valence-electron chi connectivity index (χ4n) is 1.30. The molecule has 5 heteroatoms. The normalized spacial score (nSPS) is 12.1. The van der Waals surface area contributed by atoms with Crippen LogP contribution in [0.25, 0.3) is 0 Å². The van der Waals surface area contributed by atoms with E-state index >= 15 is 0 Å². The molecule has 1 unspecified atom stereocenters. The molecule has 17 heavy (non-hydrogen) atoms. The highest BCUT2D eigenvalue weighted by molar-refractivity contribution is 5.66. The van der Waals surface area contributed by atoms with Gasteiger partial charge < -0.3 is 14.9 Å². The van der Waals surface area contributed by atoms with Crippen molar-refractivity contribution < 1.29 is 24.1 Å². The van der Waals surface area contributed by atoms with Gasteiger partial charge in [-0.15, -0.1) is 0 Å². The third kappa shape index (κ3) is 5.87. The van der Waals surface area contributed by atoms with Gasteiger partial charge in [-0.1, -0.05) is 0 Å². The van der Waals surface area contributed by atoms with Gasteiger partial charge in [0.15, 0.2) is 0 Å². The molecular weight excluding hydrogens is 227 g/mol. The van der Waals surface area contributed by atoms with Crippen molar-refractivity contribution in [2.24, 2.45) is 0 Å². The highest BCUT2D eigenvalue weighted by Crippen LogP contribution is 2.12. The summed E-state index contributed by atoms with van der Waals surface area (Å²) in [4.78, 5) is 10.2. The zero-order chi connectivity index (χ0) is 12.7. The monoisotopic (exact) mass is 242 g/mol. The van der Waals surface area contributed by atoms with Crippen molar-refractivity contribution in [3.05, 3.63) is 30.1 Å². The van der Waals surface area contributed by atoms with Crippen molar-refractivity contribution in [3.63, 3.8) is 0 Å². The molecule has 0 aromatic heterocycles. The lowest BCUT2D eigenvalue weighted by molar-refractivity contribution is -0.137. The van der Waals surface area contributed by atoms with Crippen LogP contribution in [-0.2, 0) is 4.79 Å². The topological polar surface area (TPSA) is 66.8 Å². The Morgan fingerprint density at radius 2 is 2.00 bits per heavy atom. The summed E-state index contributed by atoms with van der Waals surface area (Å²) in [6, 6.07) is 5.48. The molecule has 0 aliphatic rings. The molecule has 4 nitrogen and oxygen atoms in total. The smallest absolute Gasteiger partial charge is 0.303 e. The van der Waals surface area contributed by atoms with Gasteiger partial charge in [-0.2, -0.15) is 0 Å². The minimum Gasteiger partial charge on any atom is -0.491 e. The van der Waals surface area contributed by atoms with Gasteiger partial charge in [0.1, 0.15) is 18.2 Å². The van der Waals surface area contributed by atoms with Crippen molar-refractivity contribution in [1.29, 1.82) is 0 Å². The highest BCUT2D eigenvalue weighted by atomic mass is 19.1. The lowest BCUT2D eigenvalue weighted by Crippen LogP contribution is -2.17. The van der Waals surface area contributed by atoms with Crippen LogP contribution in [0.3, 0.4) is 0 Å². The molecule has 0 radical (unpaired) electrons. The minimum atomic E-state index is -0.878. The fraction of sp³-hybridized carbons (Fsp3) is 0.417. The Morgan fingerprint density at radius 3 is 2.59 bits per heavy atom. The Balaban J connectivity index is 2.21. The average molecular weight is 242 g/mol. The van der Waals surface area contributed by atoms with E-state index in [9.17, 15) is 14.3 Å². The lowest BCUT2D eigenvalue weighted by atomic mass is 10.1. The van der Waals surface area contributed by atoms with Crippen LogP contribution in [-0.4, -0.2) is 28.9 Å². The molecule has 0 saturated heterocycles. The van der Waals surface area contributed by atoms with Crippen LogP contribution in [0.1, 0.15) is 19.3 Å². The van der Waals surface area contributed by atoms with Crippen molar-refractivity contribution >= 4 is 5.97 Å². The van der Waals surface area contributed by atoms with E-state index in [0.29, 0.717) is 18.6 Å². The molecule has 1 aromatic carbocycles. The minimum absolute atomic E-state index is 0.0353. The largest absolute Gasteiger partial charge is 0.491 e. The van der Waals surface area contributed by atoms with Crippen LogP contribution in [0, 0.1) is 5.82 Å². The molecule has 1 atom stereocenters. The molecule has 0 amide bonds. The Hall–Kier alpha value is -1.62. The van der Waals surface area contributed by atoms with Crippen molar-refractivity contribution in [3.8, 4) is 5.75 Å². The van der Waals surface area contributed by atoms with E-state index in [1.807, 2.05) is 0 Å². The van der Waals surface area contributed by atoms with Gasteiger partial charge in [0.2, 0.25) is 0 Å². The summed E-state index contributed by atoms with van der Waals surface area (Å²) in [6.07, 6.45) is 0.101. The van der Waals surface area contributed by atoms with Crippen LogP contribution in [0.2, 0.25) is 0 Å². The number of halogens is 1. The number of carboxylic acids is 1. The van der Waals surface area contributed by atoms with Gasteiger partial charge in [0.05, 0.1) is 6.10 Å². The maximum atomic E-state index is 12.6. The number of ether oxygens (including phenoxy) is 1. The van der Waals surface area contributed by atoms with E-state index in [4.69, 9.17) is 9.84 Å². The molecule has 1 rings (SSSR count). The molecule has 0 saturated carbocycles. The molecule has 0 bridgehead atoms.